The van der Waals surface area contributed by atoms with Crippen LogP contribution in [0, 0.1) is 0 Å². The molecule has 0 spiro atoms. The Morgan fingerprint density at radius 3 is 2.56 bits per heavy atom. The zero-order valence-electron chi connectivity index (χ0n) is 10.7. The van der Waals surface area contributed by atoms with Gasteiger partial charge in [-0.3, -0.25) is 4.79 Å². The van der Waals surface area contributed by atoms with E-state index in [1.807, 2.05) is 25.1 Å². The maximum absolute atomic E-state index is 11.0. The molecule has 1 fully saturated rings. The Balaban J connectivity index is 2.43. The standard InChI is InChI=1S/C14H18O4/c1-3-18-11-6-4-5-10(17-2)13(11)14(7-8-14)9-12(15)16/h4-6H,3,7-9H2,1-2H3,(H,15,16). The van der Waals surface area contributed by atoms with Crippen molar-refractivity contribution >= 4 is 5.97 Å². The van der Waals surface area contributed by atoms with E-state index in [-0.39, 0.29) is 11.8 Å². The van der Waals surface area contributed by atoms with E-state index >= 15 is 0 Å². The molecule has 2 rings (SSSR count). The summed E-state index contributed by atoms with van der Waals surface area (Å²) < 4.78 is 11.0. The van der Waals surface area contributed by atoms with E-state index in [0.717, 1.165) is 29.9 Å². The number of carbonyl (C=O) groups is 1. The lowest BCUT2D eigenvalue weighted by atomic mass is 9.90. The second-order valence-electron chi connectivity index (χ2n) is 4.62. The fourth-order valence-electron chi connectivity index (χ4n) is 2.44. The molecule has 98 valence electrons. The Labute approximate surface area is 107 Å². The maximum Gasteiger partial charge on any atom is 0.304 e. The molecule has 0 bridgehead atoms. The lowest BCUT2D eigenvalue weighted by Crippen LogP contribution is -2.15. The van der Waals surface area contributed by atoms with Crippen molar-refractivity contribution in [1.29, 1.82) is 0 Å². The summed E-state index contributed by atoms with van der Waals surface area (Å²) in [5.74, 6) is 0.691. The minimum Gasteiger partial charge on any atom is -0.496 e. The van der Waals surface area contributed by atoms with Gasteiger partial charge in [0.1, 0.15) is 11.5 Å². The number of carboxylic acids is 1. The van der Waals surface area contributed by atoms with Crippen LogP contribution >= 0.6 is 0 Å². The van der Waals surface area contributed by atoms with Crippen LogP contribution in [0.15, 0.2) is 18.2 Å². The van der Waals surface area contributed by atoms with Gasteiger partial charge < -0.3 is 14.6 Å². The van der Waals surface area contributed by atoms with Crippen LogP contribution in [0.4, 0.5) is 0 Å². The van der Waals surface area contributed by atoms with Gasteiger partial charge in [0.05, 0.1) is 20.1 Å². The number of methoxy groups -OCH3 is 1. The maximum atomic E-state index is 11.0. The third-order valence-corrected chi connectivity index (χ3v) is 3.38. The van der Waals surface area contributed by atoms with Crippen LogP contribution in [-0.4, -0.2) is 24.8 Å². The van der Waals surface area contributed by atoms with Crippen LogP contribution in [0.1, 0.15) is 31.7 Å². The number of benzene rings is 1. The summed E-state index contributed by atoms with van der Waals surface area (Å²) in [5, 5.41) is 9.05. The molecule has 0 aliphatic heterocycles. The van der Waals surface area contributed by atoms with Gasteiger partial charge in [-0.25, -0.2) is 0 Å². The van der Waals surface area contributed by atoms with Crippen LogP contribution in [0.25, 0.3) is 0 Å². The molecule has 4 heteroatoms. The van der Waals surface area contributed by atoms with E-state index in [2.05, 4.69) is 0 Å². The molecular weight excluding hydrogens is 232 g/mol. The number of aliphatic carboxylic acids is 1. The summed E-state index contributed by atoms with van der Waals surface area (Å²) in [7, 11) is 1.60. The molecule has 0 atom stereocenters. The number of ether oxygens (including phenoxy) is 2. The zero-order chi connectivity index (χ0) is 13.2. The molecule has 0 heterocycles. The van der Waals surface area contributed by atoms with E-state index in [9.17, 15) is 4.79 Å². The molecule has 0 radical (unpaired) electrons. The monoisotopic (exact) mass is 250 g/mol. The van der Waals surface area contributed by atoms with Gasteiger partial charge in [0.2, 0.25) is 0 Å². The molecule has 4 nitrogen and oxygen atoms in total. The summed E-state index contributed by atoms with van der Waals surface area (Å²) >= 11 is 0. The van der Waals surface area contributed by atoms with E-state index in [4.69, 9.17) is 14.6 Å². The molecular formula is C14H18O4. The lowest BCUT2D eigenvalue weighted by Gasteiger charge is -2.20. The smallest absolute Gasteiger partial charge is 0.304 e. The fraction of sp³-hybridized carbons (Fsp3) is 0.500. The first-order valence-corrected chi connectivity index (χ1v) is 6.15. The molecule has 1 N–H and O–H groups in total. The predicted molar refractivity (Wildman–Crippen MR) is 67.3 cm³/mol. The van der Waals surface area contributed by atoms with Gasteiger partial charge in [-0.15, -0.1) is 0 Å². The second-order valence-corrected chi connectivity index (χ2v) is 4.62. The number of rotatable bonds is 6. The van der Waals surface area contributed by atoms with E-state index < -0.39 is 5.97 Å². The first-order chi connectivity index (χ1) is 8.63. The summed E-state index contributed by atoms with van der Waals surface area (Å²) in [6, 6.07) is 5.60. The number of carboxylic acid groups (broad SMARTS) is 1. The molecule has 18 heavy (non-hydrogen) atoms. The summed E-state index contributed by atoms with van der Waals surface area (Å²) in [6.07, 6.45) is 1.88. The van der Waals surface area contributed by atoms with Crippen LogP contribution in [0.3, 0.4) is 0 Å². The number of hydrogen-bond acceptors (Lipinski definition) is 3. The van der Waals surface area contributed by atoms with Crippen LogP contribution in [0.2, 0.25) is 0 Å². The average Bonchev–Trinajstić information content (AvgIpc) is 3.08. The Bertz CT molecular complexity index is 449. The van der Waals surface area contributed by atoms with Gasteiger partial charge in [0, 0.05) is 11.0 Å². The van der Waals surface area contributed by atoms with Crippen molar-refractivity contribution in [2.75, 3.05) is 13.7 Å². The van der Waals surface area contributed by atoms with Gasteiger partial charge in [-0.05, 0) is 31.9 Å². The minimum absolute atomic E-state index is 0.132. The second kappa shape index (κ2) is 4.88. The highest BCUT2D eigenvalue weighted by Crippen LogP contribution is 2.56. The van der Waals surface area contributed by atoms with Crippen LogP contribution in [0.5, 0.6) is 11.5 Å². The van der Waals surface area contributed by atoms with Crippen LogP contribution < -0.4 is 9.47 Å². The Morgan fingerprint density at radius 2 is 2.06 bits per heavy atom. The van der Waals surface area contributed by atoms with Gasteiger partial charge >= 0.3 is 5.97 Å². The Kier molecular flexibility index (Phi) is 3.45. The fourth-order valence-corrected chi connectivity index (χ4v) is 2.44. The molecule has 1 aliphatic carbocycles. The Hall–Kier alpha value is -1.71. The third-order valence-electron chi connectivity index (χ3n) is 3.38. The van der Waals surface area contributed by atoms with Gasteiger partial charge in [0.25, 0.3) is 0 Å². The van der Waals surface area contributed by atoms with E-state index in [1.165, 1.54) is 0 Å². The minimum atomic E-state index is -0.777. The summed E-state index contributed by atoms with van der Waals surface area (Å²) in [6.45, 7) is 2.48. The van der Waals surface area contributed by atoms with Crippen molar-refractivity contribution in [3.8, 4) is 11.5 Å². The average molecular weight is 250 g/mol. The molecule has 0 aromatic heterocycles. The molecule has 1 aromatic carbocycles. The summed E-state index contributed by atoms with van der Waals surface area (Å²) in [4.78, 5) is 11.0. The first kappa shape index (κ1) is 12.7. The highest BCUT2D eigenvalue weighted by Gasteiger charge is 2.49. The molecule has 0 unspecified atom stereocenters. The van der Waals surface area contributed by atoms with E-state index in [1.54, 1.807) is 7.11 Å². The zero-order valence-corrected chi connectivity index (χ0v) is 10.7. The highest BCUT2D eigenvalue weighted by molar-refractivity contribution is 5.71. The van der Waals surface area contributed by atoms with Crippen molar-refractivity contribution in [2.45, 2.75) is 31.6 Å². The van der Waals surface area contributed by atoms with Crippen molar-refractivity contribution in [3.05, 3.63) is 23.8 Å². The molecule has 1 aromatic rings. The van der Waals surface area contributed by atoms with E-state index in [0.29, 0.717) is 6.61 Å². The Morgan fingerprint density at radius 1 is 1.39 bits per heavy atom. The molecule has 1 aliphatic rings. The topological polar surface area (TPSA) is 55.8 Å². The number of hydrogen-bond donors (Lipinski definition) is 1. The first-order valence-electron chi connectivity index (χ1n) is 6.15. The predicted octanol–water partition coefficient (Wildman–Crippen LogP) is 2.60. The van der Waals surface area contributed by atoms with Crippen LogP contribution in [-0.2, 0) is 10.2 Å². The van der Waals surface area contributed by atoms with Gasteiger partial charge in [0.15, 0.2) is 0 Å². The molecule has 1 saturated carbocycles. The lowest BCUT2D eigenvalue weighted by molar-refractivity contribution is -0.137. The van der Waals surface area contributed by atoms with Crippen molar-refractivity contribution in [1.82, 2.24) is 0 Å². The molecule has 0 saturated heterocycles. The highest BCUT2D eigenvalue weighted by atomic mass is 16.5. The van der Waals surface area contributed by atoms with Crippen molar-refractivity contribution in [3.63, 3.8) is 0 Å². The largest absolute Gasteiger partial charge is 0.496 e. The van der Waals surface area contributed by atoms with Gasteiger partial charge in [-0.2, -0.15) is 0 Å². The normalized spacial score (nSPS) is 16.1. The van der Waals surface area contributed by atoms with Gasteiger partial charge in [-0.1, -0.05) is 6.07 Å². The molecule has 0 amide bonds. The quantitative estimate of drug-likeness (QED) is 0.843. The summed E-state index contributed by atoms with van der Waals surface area (Å²) in [5.41, 5.74) is 0.611. The third kappa shape index (κ3) is 2.28. The van der Waals surface area contributed by atoms with Crippen molar-refractivity contribution < 1.29 is 19.4 Å². The SMILES string of the molecule is CCOc1cccc(OC)c1C1(CC(=O)O)CC1. The van der Waals surface area contributed by atoms with Crippen molar-refractivity contribution in [2.24, 2.45) is 0 Å².